The molecular formula is C11H5N3O7. The smallest absolute Gasteiger partial charge is 0.294 e. The van der Waals surface area contributed by atoms with Crippen LogP contribution in [0.2, 0.25) is 0 Å². The first-order valence-corrected chi connectivity index (χ1v) is 5.36. The van der Waals surface area contributed by atoms with Crippen LogP contribution in [0, 0.1) is 30.3 Å². The van der Waals surface area contributed by atoms with E-state index in [1.165, 1.54) is 0 Å². The van der Waals surface area contributed by atoms with Gasteiger partial charge in [-0.1, -0.05) is 0 Å². The lowest BCUT2D eigenvalue weighted by Gasteiger charge is -2.04. The number of nitrogens with zero attached hydrogens (tertiary/aromatic N) is 3. The molecule has 0 aliphatic heterocycles. The van der Waals surface area contributed by atoms with Gasteiger partial charge < -0.3 is 0 Å². The molecule has 0 spiro atoms. The highest BCUT2D eigenvalue weighted by Crippen LogP contribution is 2.40. The molecule has 0 N–H and O–H groups in total. The fourth-order valence-corrected chi connectivity index (χ4v) is 2.01. The van der Waals surface area contributed by atoms with E-state index in [-0.39, 0.29) is 11.7 Å². The van der Waals surface area contributed by atoms with E-state index in [0.717, 1.165) is 24.3 Å². The molecule has 0 aliphatic carbocycles. The summed E-state index contributed by atoms with van der Waals surface area (Å²) in [4.78, 5) is 41.2. The van der Waals surface area contributed by atoms with E-state index in [1.807, 2.05) is 0 Å². The maximum absolute atomic E-state index is 11.1. The van der Waals surface area contributed by atoms with Crippen LogP contribution in [0.3, 0.4) is 0 Å². The Kier molecular flexibility index (Phi) is 3.28. The minimum atomic E-state index is -0.969. The molecule has 0 saturated carbocycles. The van der Waals surface area contributed by atoms with Crippen molar-refractivity contribution in [2.45, 2.75) is 0 Å². The molecule has 0 fully saturated rings. The fourth-order valence-electron chi connectivity index (χ4n) is 2.01. The van der Waals surface area contributed by atoms with Crippen LogP contribution in [0.15, 0.2) is 24.3 Å². The van der Waals surface area contributed by atoms with Crippen LogP contribution in [0.4, 0.5) is 17.1 Å². The number of benzene rings is 2. The second-order valence-corrected chi connectivity index (χ2v) is 3.92. The Morgan fingerprint density at radius 2 is 1.38 bits per heavy atom. The molecule has 2 aromatic carbocycles. The Labute approximate surface area is 115 Å². The highest BCUT2D eigenvalue weighted by Gasteiger charge is 2.30. The quantitative estimate of drug-likeness (QED) is 0.477. The van der Waals surface area contributed by atoms with E-state index in [1.54, 1.807) is 0 Å². The van der Waals surface area contributed by atoms with E-state index in [4.69, 9.17) is 0 Å². The topological polar surface area (TPSA) is 146 Å². The van der Waals surface area contributed by atoms with Crippen molar-refractivity contribution in [3.8, 4) is 0 Å². The molecule has 2 aromatic rings. The highest BCUT2D eigenvalue weighted by atomic mass is 16.6. The van der Waals surface area contributed by atoms with Gasteiger partial charge in [0.1, 0.15) is 5.39 Å². The summed E-state index contributed by atoms with van der Waals surface area (Å²) < 4.78 is 0. The summed E-state index contributed by atoms with van der Waals surface area (Å²) in [6, 6.07) is 3.80. The zero-order chi connectivity index (χ0) is 15.7. The number of hydrogen-bond donors (Lipinski definition) is 0. The van der Waals surface area contributed by atoms with Crippen molar-refractivity contribution in [1.82, 2.24) is 0 Å². The minimum absolute atomic E-state index is 0.167. The molecule has 21 heavy (non-hydrogen) atoms. The number of carbonyl (C=O) groups is 1. The Hall–Kier alpha value is -3.43. The van der Waals surface area contributed by atoms with Gasteiger partial charge in [-0.2, -0.15) is 0 Å². The van der Waals surface area contributed by atoms with Gasteiger partial charge >= 0.3 is 0 Å². The number of carbonyl (C=O) groups excluding carboxylic acids is 1. The molecule has 0 radical (unpaired) electrons. The van der Waals surface area contributed by atoms with Crippen LogP contribution < -0.4 is 0 Å². The predicted octanol–water partition coefficient (Wildman–Crippen LogP) is 2.38. The summed E-state index contributed by atoms with van der Waals surface area (Å²) in [5.74, 6) is 0. The van der Waals surface area contributed by atoms with Gasteiger partial charge in [-0.25, -0.2) is 0 Å². The van der Waals surface area contributed by atoms with Crippen LogP contribution in [0.25, 0.3) is 10.8 Å². The summed E-state index contributed by atoms with van der Waals surface area (Å²) in [6.07, 6.45) is 0.167. The summed E-state index contributed by atoms with van der Waals surface area (Å²) in [7, 11) is 0. The lowest BCUT2D eigenvalue weighted by atomic mass is 10.0. The Balaban J connectivity index is 3.11. The van der Waals surface area contributed by atoms with Crippen molar-refractivity contribution >= 4 is 34.1 Å². The second-order valence-electron chi connectivity index (χ2n) is 3.92. The minimum Gasteiger partial charge on any atom is -0.298 e. The second kappa shape index (κ2) is 4.92. The normalized spacial score (nSPS) is 10.3. The van der Waals surface area contributed by atoms with E-state index in [0.29, 0.717) is 0 Å². The first-order valence-electron chi connectivity index (χ1n) is 5.36. The summed E-state index contributed by atoms with van der Waals surface area (Å²) in [5, 5.41) is 32.2. The molecule has 10 heteroatoms. The van der Waals surface area contributed by atoms with Gasteiger partial charge in [0.25, 0.3) is 17.1 Å². The largest absolute Gasteiger partial charge is 0.298 e. The van der Waals surface area contributed by atoms with Gasteiger partial charge in [0.05, 0.1) is 25.7 Å². The highest BCUT2D eigenvalue weighted by molar-refractivity contribution is 6.07. The van der Waals surface area contributed by atoms with Crippen molar-refractivity contribution in [3.63, 3.8) is 0 Å². The van der Waals surface area contributed by atoms with E-state index < -0.39 is 42.8 Å². The maximum atomic E-state index is 11.1. The molecular weight excluding hydrogens is 286 g/mol. The predicted molar refractivity (Wildman–Crippen MR) is 69.3 cm³/mol. The molecule has 0 unspecified atom stereocenters. The number of rotatable bonds is 4. The zero-order valence-electron chi connectivity index (χ0n) is 10.1. The lowest BCUT2D eigenvalue weighted by Crippen LogP contribution is -2.00. The molecule has 106 valence electrons. The summed E-state index contributed by atoms with van der Waals surface area (Å²) in [6.45, 7) is 0. The van der Waals surface area contributed by atoms with Gasteiger partial charge in [0.15, 0.2) is 6.29 Å². The van der Waals surface area contributed by atoms with E-state index in [2.05, 4.69) is 0 Å². The van der Waals surface area contributed by atoms with E-state index in [9.17, 15) is 35.1 Å². The van der Waals surface area contributed by atoms with Crippen LogP contribution in [0.5, 0.6) is 0 Å². The third-order valence-electron chi connectivity index (χ3n) is 2.84. The number of aldehydes is 1. The third-order valence-corrected chi connectivity index (χ3v) is 2.84. The number of non-ortho nitro benzene ring substituents is 2. The van der Waals surface area contributed by atoms with Crippen molar-refractivity contribution in [3.05, 3.63) is 60.2 Å². The molecule has 2 rings (SSSR count). The maximum Gasteiger partial charge on any atom is 0.294 e. The van der Waals surface area contributed by atoms with Crippen molar-refractivity contribution in [2.24, 2.45) is 0 Å². The first-order chi connectivity index (χ1) is 9.88. The zero-order valence-corrected chi connectivity index (χ0v) is 10.1. The molecule has 0 heterocycles. The van der Waals surface area contributed by atoms with Crippen molar-refractivity contribution in [2.75, 3.05) is 0 Å². The third kappa shape index (κ3) is 2.14. The molecule has 0 atom stereocenters. The van der Waals surface area contributed by atoms with Crippen molar-refractivity contribution in [1.29, 1.82) is 0 Å². The van der Waals surface area contributed by atoms with Gasteiger partial charge in [-0.15, -0.1) is 0 Å². The molecule has 0 saturated heterocycles. The number of hydrogen-bond acceptors (Lipinski definition) is 7. The SMILES string of the molecule is O=Cc1ccc2c([N+](=O)[O-])ccc([N+](=O)[O-])c2c1[N+](=O)[O-]. The lowest BCUT2D eigenvalue weighted by molar-refractivity contribution is -0.391. The first kappa shape index (κ1) is 14.0. The Morgan fingerprint density at radius 1 is 0.810 bits per heavy atom. The van der Waals surface area contributed by atoms with Crippen molar-refractivity contribution < 1.29 is 19.6 Å². The summed E-state index contributed by atoms with van der Waals surface area (Å²) >= 11 is 0. The Bertz CT molecular complexity index is 815. The monoisotopic (exact) mass is 291 g/mol. The van der Waals surface area contributed by atoms with Gasteiger partial charge in [0.2, 0.25) is 0 Å². The van der Waals surface area contributed by atoms with Crippen LogP contribution >= 0.6 is 0 Å². The number of nitro benzene ring substituents is 3. The molecule has 0 aromatic heterocycles. The van der Waals surface area contributed by atoms with Gasteiger partial charge in [-0.3, -0.25) is 35.1 Å². The molecule has 0 aliphatic rings. The summed E-state index contributed by atoms with van der Waals surface area (Å²) in [5.41, 5.74) is -2.41. The average Bonchev–Trinajstić information content (AvgIpc) is 2.43. The van der Waals surface area contributed by atoms with Crippen LogP contribution in [0.1, 0.15) is 10.4 Å². The van der Waals surface area contributed by atoms with Gasteiger partial charge in [0, 0.05) is 12.1 Å². The Morgan fingerprint density at radius 3 is 1.86 bits per heavy atom. The fraction of sp³-hybridized carbons (Fsp3) is 0. The molecule has 0 bridgehead atoms. The van der Waals surface area contributed by atoms with Crippen LogP contribution in [-0.2, 0) is 0 Å². The number of fused-ring (bicyclic) bond motifs is 1. The van der Waals surface area contributed by atoms with E-state index >= 15 is 0 Å². The molecule has 10 nitrogen and oxygen atoms in total. The average molecular weight is 291 g/mol. The standard InChI is InChI=1S/C11H5N3O7/c15-5-6-1-2-7-8(12(16)17)3-4-9(13(18)19)10(7)11(6)14(20)21/h1-5H. The molecule has 0 amide bonds. The van der Waals surface area contributed by atoms with Crippen LogP contribution in [-0.4, -0.2) is 21.1 Å². The number of nitro groups is 3. The van der Waals surface area contributed by atoms with Gasteiger partial charge in [-0.05, 0) is 12.1 Å².